The van der Waals surface area contributed by atoms with Crippen LogP contribution in [-0.2, 0) is 37.8 Å². The van der Waals surface area contributed by atoms with E-state index in [0.29, 0.717) is 0 Å². The third-order valence-corrected chi connectivity index (χ3v) is 1.83. The molecule has 0 aromatic heterocycles. The molecule has 1 N–H and O–H groups in total. The molecule has 0 unspecified atom stereocenters. The summed E-state index contributed by atoms with van der Waals surface area (Å²) in [4.78, 5) is -0.216. The van der Waals surface area contributed by atoms with Crippen LogP contribution in [0.1, 0.15) is 1.43 Å². The van der Waals surface area contributed by atoms with E-state index in [2.05, 4.69) is 6.07 Å². The molecule has 0 spiro atoms. The molecule has 0 fully saturated rings. The molecular formula is C6H6HgO4S. The van der Waals surface area contributed by atoms with Crippen molar-refractivity contribution in [3.05, 3.63) is 30.3 Å². The predicted octanol–water partition coefficient (Wildman–Crippen LogP) is 0.324. The van der Waals surface area contributed by atoms with Gasteiger partial charge in [0.25, 0.3) is 0 Å². The van der Waals surface area contributed by atoms with Crippen LogP contribution in [0.25, 0.3) is 0 Å². The maximum Gasteiger partial charge on any atom is 2.00 e. The van der Waals surface area contributed by atoms with Gasteiger partial charge in [0.15, 0.2) is 0 Å². The SMILES string of the molecule is O=S(=O)([O-])c1cc[c-]cc1.[H+].[Hg+2].[OH-]. The van der Waals surface area contributed by atoms with E-state index >= 15 is 0 Å². The fourth-order valence-corrected chi connectivity index (χ4v) is 1.01. The summed E-state index contributed by atoms with van der Waals surface area (Å²) in [5.41, 5.74) is 0. The zero-order valence-corrected chi connectivity index (χ0v) is 12.4. The van der Waals surface area contributed by atoms with Crippen LogP contribution in [0.4, 0.5) is 0 Å². The molecule has 0 atom stereocenters. The van der Waals surface area contributed by atoms with E-state index in [0.717, 1.165) is 0 Å². The van der Waals surface area contributed by atoms with Gasteiger partial charge in [-0.3, -0.25) is 0 Å². The summed E-state index contributed by atoms with van der Waals surface area (Å²) in [5.74, 6) is 0. The normalized spacial score (nSPS) is 9.42. The molecule has 0 saturated carbocycles. The van der Waals surface area contributed by atoms with Gasteiger partial charge in [0, 0.05) is 0 Å². The van der Waals surface area contributed by atoms with Gasteiger partial charge >= 0.3 is 29.1 Å². The third-order valence-electron chi connectivity index (χ3n) is 0.976. The maximum atomic E-state index is 10.3. The third kappa shape index (κ3) is 4.15. The quantitative estimate of drug-likeness (QED) is 0.402. The van der Waals surface area contributed by atoms with Gasteiger partial charge in [-0.05, 0) is 0 Å². The molecule has 12 heavy (non-hydrogen) atoms. The largest absolute Gasteiger partial charge is 2.00 e. The van der Waals surface area contributed by atoms with Crippen LogP contribution in [0.5, 0.6) is 0 Å². The van der Waals surface area contributed by atoms with E-state index in [4.69, 9.17) is 0 Å². The fraction of sp³-hybridized carbons (Fsp3) is 0. The Kier molecular flexibility index (Phi) is 6.83. The molecule has 0 aliphatic carbocycles. The minimum atomic E-state index is -4.27. The Bertz CT molecular complexity index is 313. The van der Waals surface area contributed by atoms with Gasteiger partial charge in [0.1, 0.15) is 10.1 Å². The molecule has 0 radical (unpaired) electrons. The van der Waals surface area contributed by atoms with Crippen LogP contribution >= 0.6 is 0 Å². The van der Waals surface area contributed by atoms with E-state index in [1.54, 1.807) is 0 Å². The van der Waals surface area contributed by atoms with E-state index in [1.165, 1.54) is 24.3 Å². The second-order valence-corrected chi connectivity index (χ2v) is 3.07. The molecule has 6 heteroatoms. The predicted molar refractivity (Wildman–Crippen MR) is 36.3 cm³/mol. The summed E-state index contributed by atoms with van der Waals surface area (Å²) in [5, 5.41) is 0. The van der Waals surface area contributed by atoms with Crippen molar-refractivity contribution in [3.8, 4) is 0 Å². The smallest absolute Gasteiger partial charge is 0.870 e. The van der Waals surface area contributed by atoms with Crippen molar-refractivity contribution < 1.29 is 47.5 Å². The van der Waals surface area contributed by atoms with E-state index in [1.807, 2.05) is 0 Å². The van der Waals surface area contributed by atoms with Crippen LogP contribution in [0.3, 0.4) is 0 Å². The Morgan fingerprint density at radius 1 is 1.33 bits per heavy atom. The molecule has 1 aromatic rings. The molecule has 62 valence electrons. The van der Waals surface area contributed by atoms with Gasteiger partial charge in [-0.1, -0.05) is 4.90 Å². The molecule has 0 bridgehead atoms. The molecule has 1 rings (SSSR count). The average Bonchev–Trinajstić information content (AvgIpc) is 1.88. The Morgan fingerprint density at radius 2 is 1.75 bits per heavy atom. The van der Waals surface area contributed by atoms with Crippen molar-refractivity contribution in [3.63, 3.8) is 0 Å². The topological polar surface area (TPSA) is 87.2 Å². The Morgan fingerprint density at radius 3 is 2.00 bits per heavy atom. The monoisotopic (exact) mass is 376 g/mol. The van der Waals surface area contributed by atoms with Crippen LogP contribution in [-0.4, -0.2) is 18.4 Å². The summed E-state index contributed by atoms with van der Waals surface area (Å²) in [6, 6.07) is 7.78. The zero-order chi connectivity index (χ0) is 7.61. The van der Waals surface area contributed by atoms with E-state index in [-0.39, 0.29) is 39.5 Å². The van der Waals surface area contributed by atoms with Crippen molar-refractivity contribution in [2.75, 3.05) is 0 Å². The fourth-order valence-electron chi connectivity index (χ4n) is 0.538. The Labute approximate surface area is 92.7 Å². The summed E-state index contributed by atoms with van der Waals surface area (Å²) in [7, 11) is -4.27. The van der Waals surface area contributed by atoms with Gasteiger partial charge in [0.05, 0.1) is 0 Å². The molecule has 4 nitrogen and oxygen atoms in total. The number of hydrogen-bond acceptors (Lipinski definition) is 4. The van der Waals surface area contributed by atoms with E-state index < -0.39 is 10.1 Å². The molecule has 0 aliphatic rings. The first-order chi connectivity index (χ1) is 4.61. The number of benzene rings is 1. The van der Waals surface area contributed by atoms with Gasteiger partial charge in [-0.2, -0.15) is 30.3 Å². The summed E-state index contributed by atoms with van der Waals surface area (Å²) in [6.07, 6.45) is 0. The standard InChI is InChI=1S/C6H5O3S.Hg.H2O/c7-10(8,9)6-4-2-1-3-5-6;;/h2-5H,(H,7,8,9);;1H2/q-1;+2;/p-1. The number of hydrogen-bond donors (Lipinski definition) is 0. The van der Waals surface area contributed by atoms with Crippen molar-refractivity contribution >= 4 is 10.1 Å². The van der Waals surface area contributed by atoms with Crippen molar-refractivity contribution in [2.24, 2.45) is 0 Å². The first-order valence-electron chi connectivity index (χ1n) is 2.53. The van der Waals surface area contributed by atoms with Crippen molar-refractivity contribution in [2.45, 2.75) is 4.90 Å². The van der Waals surface area contributed by atoms with Crippen LogP contribution in [0.2, 0.25) is 0 Å². The molecule has 0 saturated heterocycles. The van der Waals surface area contributed by atoms with Gasteiger partial charge in [0.2, 0.25) is 0 Å². The van der Waals surface area contributed by atoms with Crippen LogP contribution < -0.4 is 0 Å². The van der Waals surface area contributed by atoms with Gasteiger partial charge in [-0.15, -0.1) is 0 Å². The van der Waals surface area contributed by atoms with Crippen LogP contribution in [0.15, 0.2) is 29.2 Å². The Balaban J connectivity index is -0.000000333. The summed E-state index contributed by atoms with van der Waals surface area (Å²) >= 11 is 0. The molecular weight excluding hydrogens is 369 g/mol. The minimum Gasteiger partial charge on any atom is -0.870 e. The second-order valence-electron chi connectivity index (χ2n) is 1.69. The van der Waals surface area contributed by atoms with E-state index in [9.17, 15) is 13.0 Å². The Hall–Kier alpha value is 0.0251. The second kappa shape index (κ2) is 5.63. The van der Waals surface area contributed by atoms with Crippen LogP contribution in [0, 0.1) is 6.07 Å². The summed E-state index contributed by atoms with van der Waals surface area (Å²) in [6.45, 7) is 0. The maximum absolute atomic E-state index is 10.3. The van der Waals surface area contributed by atoms with Crippen molar-refractivity contribution in [1.82, 2.24) is 0 Å². The molecule has 0 amide bonds. The first kappa shape index (κ1) is 14.5. The first-order valence-corrected chi connectivity index (χ1v) is 3.93. The average molecular weight is 375 g/mol. The number of rotatable bonds is 1. The van der Waals surface area contributed by atoms with Crippen molar-refractivity contribution in [1.29, 1.82) is 0 Å². The zero-order valence-electron chi connectivity index (χ0n) is 7.10. The minimum absolute atomic E-state index is 0. The van der Waals surface area contributed by atoms with Gasteiger partial charge in [-0.25, -0.2) is 8.42 Å². The summed E-state index contributed by atoms with van der Waals surface area (Å²) < 4.78 is 30.8. The molecule has 0 aliphatic heterocycles. The molecule has 0 heterocycles. The molecule has 1 aromatic carbocycles. The van der Waals surface area contributed by atoms with Gasteiger partial charge < -0.3 is 10.0 Å².